The SMILES string of the molecule is CCN=C(N)SCc1nc2ccccc2c(=O)[nH]1. The van der Waals surface area contributed by atoms with E-state index in [2.05, 4.69) is 15.0 Å². The summed E-state index contributed by atoms with van der Waals surface area (Å²) in [5.41, 5.74) is 6.25. The molecule has 0 radical (unpaired) electrons. The molecule has 1 aromatic heterocycles. The highest BCUT2D eigenvalue weighted by Crippen LogP contribution is 2.10. The van der Waals surface area contributed by atoms with Gasteiger partial charge in [0.05, 0.1) is 16.7 Å². The van der Waals surface area contributed by atoms with Gasteiger partial charge in [0.1, 0.15) is 5.82 Å². The Balaban J connectivity index is 2.25. The van der Waals surface area contributed by atoms with Crippen molar-refractivity contribution in [3.63, 3.8) is 0 Å². The Labute approximate surface area is 109 Å². The molecule has 0 saturated heterocycles. The largest absolute Gasteiger partial charge is 0.379 e. The van der Waals surface area contributed by atoms with Gasteiger partial charge >= 0.3 is 0 Å². The van der Waals surface area contributed by atoms with Crippen LogP contribution in [0.4, 0.5) is 0 Å². The number of aliphatic imine (C=N–C) groups is 1. The van der Waals surface area contributed by atoms with Crippen LogP contribution in [0.25, 0.3) is 10.9 Å². The number of hydrogen-bond acceptors (Lipinski definition) is 4. The zero-order valence-corrected chi connectivity index (χ0v) is 10.8. The molecule has 2 aromatic rings. The molecule has 1 heterocycles. The molecule has 0 aliphatic rings. The van der Waals surface area contributed by atoms with E-state index in [1.807, 2.05) is 25.1 Å². The molecule has 0 bridgehead atoms. The monoisotopic (exact) mass is 262 g/mol. The third-order valence-corrected chi connectivity index (χ3v) is 3.18. The Morgan fingerprint density at radius 1 is 1.50 bits per heavy atom. The van der Waals surface area contributed by atoms with Crippen molar-refractivity contribution in [2.75, 3.05) is 6.54 Å². The van der Waals surface area contributed by atoms with Crippen LogP contribution in [0.1, 0.15) is 12.7 Å². The molecule has 18 heavy (non-hydrogen) atoms. The number of para-hydroxylation sites is 1. The molecule has 0 unspecified atom stereocenters. The van der Waals surface area contributed by atoms with Crippen molar-refractivity contribution in [2.24, 2.45) is 10.7 Å². The van der Waals surface area contributed by atoms with Crippen LogP contribution in [0, 0.1) is 0 Å². The molecule has 0 aliphatic carbocycles. The Morgan fingerprint density at radius 3 is 3.06 bits per heavy atom. The van der Waals surface area contributed by atoms with Gasteiger partial charge in [-0.25, -0.2) is 4.98 Å². The number of amidine groups is 1. The molecule has 6 heteroatoms. The fraction of sp³-hybridized carbons (Fsp3) is 0.250. The van der Waals surface area contributed by atoms with Crippen LogP contribution in [-0.2, 0) is 5.75 Å². The first-order valence-corrected chi connectivity index (χ1v) is 6.60. The number of rotatable bonds is 3. The van der Waals surface area contributed by atoms with Crippen LogP contribution >= 0.6 is 11.8 Å². The first-order valence-electron chi connectivity index (χ1n) is 5.61. The Bertz CT molecular complexity index is 635. The van der Waals surface area contributed by atoms with Crippen molar-refractivity contribution in [1.82, 2.24) is 9.97 Å². The van der Waals surface area contributed by atoms with Gasteiger partial charge in [0, 0.05) is 6.54 Å². The average molecular weight is 262 g/mol. The second-order valence-electron chi connectivity index (χ2n) is 3.63. The van der Waals surface area contributed by atoms with E-state index in [1.54, 1.807) is 6.07 Å². The normalized spacial score (nSPS) is 11.9. The average Bonchev–Trinajstić information content (AvgIpc) is 2.37. The Hall–Kier alpha value is -1.82. The summed E-state index contributed by atoms with van der Waals surface area (Å²) in [6, 6.07) is 7.26. The molecule has 2 rings (SSSR count). The van der Waals surface area contributed by atoms with Gasteiger partial charge in [0.15, 0.2) is 5.17 Å². The maximum Gasteiger partial charge on any atom is 0.258 e. The molecule has 1 aromatic carbocycles. The molecule has 0 fully saturated rings. The summed E-state index contributed by atoms with van der Waals surface area (Å²) >= 11 is 1.37. The lowest BCUT2D eigenvalue weighted by atomic mass is 10.2. The van der Waals surface area contributed by atoms with Crippen LogP contribution in [-0.4, -0.2) is 21.7 Å². The van der Waals surface area contributed by atoms with Gasteiger partial charge in [-0.05, 0) is 19.1 Å². The lowest BCUT2D eigenvalue weighted by Crippen LogP contribution is -2.13. The zero-order valence-electron chi connectivity index (χ0n) is 10.0. The molecule has 3 N–H and O–H groups in total. The van der Waals surface area contributed by atoms with Crippen LogP contribution in [0.5, 0.6) is 0 Å². The first kappa shape index (κ1) is 12.6. The maximum atomic E-state index is 11.8. The summed E-state index contributed by atoms with van der Waals surface area (Å²) in [7, 11) is 0. The number of nitrogens with zero attached hydrogens (tertiary/aromatic N) is 2. The number of nitrogens with two attached hydrogens (primary N) is 1. The minimum Gasteiger partial charge on any atom is -0.379 e. The molecule has 0 amide bonds. The fourth-order valence-corrected chi connectivity index (χ4v) is 2.19. The summed E-state index contributed by atoms with van der Waals surface area (Å²) < 4.78 is 0. The van der Waals surface area contributed by atoms with E-state index in [1.165, 1.54) is 11.8 Å². The first-order chi connectivity index (χ1) is 8.70. The van der Waals surface area contributed by atoms with Crippen LogP contribution in [0.2, 0.25) is 0 Å². The van der Waals surface area contributed by atoms with Gasteiger partial charge in [-0.3, -0.25) is 9.79 Å². The van der Waals surface area contributed by atoms with Crippen LogP contribution < -0.4 is 11.3 Å². The zero-order chi connectivity index (χ0) is 13.0. The van der Waals surface area contributed by atoms with E-state index in [9.17, 15) is 4.79 Å². The smallest absolute Gasteiger partial charge is 0.258 e. The van der Waals surface area contributed by atoms with Crippen molar-refractivity contribution >= 4 is 27.8 Å². The van der Waals surface area contributed by atoms with E-state index in [0.29, 0.717) is 34.2 Å². The third-order valence-electron chi connectivity index (χ3n) is 2.33. The number of benzene rings is 1. The van der Waals surface area contributed by atoms with E-state index in [4.69, 9.17) is 5.73 Å². The molecule has 0 saturated carbocycles. The number of H-pyrrole nitrogens is 1. The van der Waals surface area contributed by atoms with Crippen molar-refractivity contribution in [3.8, 4) is 0 Å². The summed E-state index contributed by atoms with van der Waals surface area (Å²) in [5, 5.41) is 1.11. The second kappa shape index (κ2) is 5.68. The summed E-state index contributed by atoms with van der Waals surface area (Å²) in [4.78, 5) is 23.0. The summed E-state index contributed by atoms with van der Waals surface area (Å²) in [6.45, 7) is 2.57. The minimum absolute atomic E-state index is 0.123. The standard InChI is InChI=1S/C12H14N4OS/c1-2-14-12(13)18-7-10-15-9-6-4-3-5-8(9)11(17)16-10/h3-6H,2,7H2,1H3,(H2,13,14)(H,15,16,17). The predicted molar refractivity (Wildman–Crippen MR) is 75.8 cm³/mol. The van der Waals surface area contributed by atoms with Gasteiger partial charge in [-0.15, -0.1) is 0 Å². The van der Waals surface area contributed by atoms with Crippen molar-refractivity contribution in [1.29, 1.82) is 0 Å². The van der Waals surface area contributed by atoms with Crippen molar-refractivity contribution in [2.45, 2.75) is 12.7 Å². The van der Waals surface area contributed by atoms with Gasteiger partial charge in [0.2, 0.25) is 0 Å². The molecule has 0 spiro atoms. The lowest BCUT2D eigenvalue weighted by Gasteiger charge is -2.02. The van der Waals surface area contributed by atoms with Crippen molar-refractivity contribution < 1.29 is 0 Å². The predicted octanol–water partition coefficient (Wildman–Crippen LogP) is 1.49. The number of aromatic nitrogens is 2. The maximum absolute atomic E-state index is 11.8. The Kier molecular flexibility index (Phi) is 3.99. The van der Waals surface area contributed by atoms with E-state index < -0.39 is 0 Å². The number of thioether (sulfide) groups is 1. The molecular formula is C12H14N4OS. The molecule has 0 atom stereocenters. The van der Waals surface area contributed by atoms with Gasteiger partial charge in [-0.2, -0.15) is 0 Å². The topological polar surface area (TPSA) is 84.1 Å². The van der Waals surface area contributed by atoms with Gasteiger partial charge in [0.25, 0.3) is 5.56 Å². The van der Waals surface area contributed by atoms with Crippen LogP contribution in [0.15, 0.2) is 34.1 Å². The molecule has 94 valence electrons. The second-order valence-corrected chi connectivity index (χ2v) is 4.63. The number of fused-ring (bicyclic) bond motifs is 1. The molecule has 0 aliphatic heterocycles. The van der Waals surface area contributed by atoms with Gasteiger partial charge in [-0.1, -0.05) is 23.9 Å². The van der Waals surface area contributed by atoms with E-state index in [-0.39, 0.29) is 5.56 Å². The lowest BCUT2D eigenvalue weighted by molar-refractivity contribution is 1.04. The highest BCUT2D eigenvalue weighted by molar-refractivity contribution is 8.13. The molecular weight excluding hydrogens is 248 g/mol. The van der Waals surface area contributed by atoms with Crippen molar-refractivity contribution in [3.05, 3.63) is 40.4 Å². The number of hydrogen-bond donors (Lipinski definition) is 2. The third kappa shape index (κ3) is 2.89. The number of aromatic amines is 1. The van der Waals surface area contributed by atoms with E-state index in [0.717, 1.165) is 0 Å². The highest BCUT2D eigenvalue weighted by atomic mass is 32.2. The highest BCUT2D eigenvalue weighted by Gasteiger charge is 2.04. The summed E-state index contributed by atoms with van der Waals surface area (Å²) in [5.74, 6) is 1.12. The Morgan fingerprint density at radius 2 is 2.28 bits per heavy atom. The minimum atomic E-state index is -0.123. The summed E-state index contributed by atoms with van der Waals surface area (Å²) in [6.07, 6.45) is 0. The van der Waals surface area contributed by atoms with Crippen LogP contribution in [0.3, 0.4) is 0 Å². The molecule has 5 nitrogen and oxygen atoms in total. The van der Waals surface area contributed by atoms with Gasteiger partial charge < -0.3 is 10.7 Å². The quantitative estimate of drug-likeness (QED) is 0.648. The van der Waals surface area contributed by atoms with E-state index >= 15 is 0 Å². The number of nitrogens with one attached hydrogen (secondary N) is 1. The fourth-order valence-electron chi connectivity index (χ4n) is 1.55.